The predicted molar refractivity (Wildman–Crippen MR) is 97.3 cm³/mol. The standard InChI is InChI=1S/C19H27N3O3/c1-4-5-10-20-19(25)15-8-6-7-9-16(15)21-18(24)14-11-17(23)22(12-14)13(2)3/h6-9,13-14H,4-5,10-12H2,1-3H3,(H,20,25)(H,21,24)/t14-/m0/s1. The van der Waals surface area contributed by atoms with E-state index in [0.717, 1.165) is 12.8 Å². The Kier molecular flexibility index (Phi) is 6.56. The summed E-state index contributed by atoms with van der Waals surface area (Å²) in [5.74, 6) is -0.798. The van der Waals surface area contributed by atoms with Crippen LogP contribution >= 0.6 is 0 Å². The molecule has 0 unspecified atom stereocenters. The van der Waals surface area contributed by atoms with Crippen molar-refractivity contribution in [3.05, 3.63) is 29.8 Å². The lowest BCUT2D eigenvalue weighted by Crippen LogP contribution is -2.33. The molecule has 25 heavy (non-hydrogen) atoms. The number of likely N-dealkylation sites (tertiary alicyclic amines) is 1. The maximum absolute atomic E-state index is 12.5. The average Bonchev–Trinajstić information content (AvgIpc) is 2.97. The first kappa shape index (κ1) is 19.0. The zero-order valence-corrected chi connectivity index (χ0v) is 15.2. The van der Waals surface area contributed by atoms with Gasteiger partial charge in [0, 0.05) is 25.6 Å². The van der Waals surface area contributed by atoms with E-state index in [1.807, 2.05) is 13.8 Å². The van der Waals surface area contributed by atoms with Crippen molar-refractivity contribution in [3.63, 3.8) is 0 Å². The summed E-state index contributed by atoms with van der Waals surface area (Å²) in [4.78, 5) is 38.6. The van der Waals surface area contributed by atoms with E-state index >= 15 is 0 Å². The van der Waals surface area contributed by atoms with E-state index in [4.69, 9.17) is 0 Å². The number of amides is 3. The molecule has 136 valence electrons. The third-order valence-electron chi connectivity index (χ3n) is 4.40. The van der Waals surface area contributed by atoms with Crippen LogP contribution in [0.2, 0.25) is 0 Å². The maximum atomic E-state index is 12.5. The topological polar surface area (TPSA) is 78.5 Å². The second kappa shape index (κ2) is 8.65. The van der Waals surface area contributed by atoms with Crippen molar-refractivity contribution in [2.45, 2.75) is 46.1 Å². The van der Waals surface area contributed by atoms with Crippen LogP contribution in [0.3, 0.4) is 0 Å². The second-order valence-electron chi connectivity index (χ2n) is 6.69. The van der Waals surface area contributed by atoms with Crippen LogP contribution in [-0.4, -0.2) is 41.8 Å². The first-order valence-corrected chi connectivity index (χ1v) is 8.91. The molecule has 2 rings (SSSR count). The van der Waals surface area contributed by atoms with Gasteiger partial charge in [0.15, 0.2) is 0 Å². The first-order valence-electron chi connectivity index (χ1n) is 8.91. The van der Waals surface area contributed by atoms with Gasteiger partial charge in [-0.1, -0.05) is 25.5 Å². The lowest BCUT2D eigenvalue weighted by Gasteiger charge is -2.20. The van der Waals surface area contributed by atoms with E-state index < -0.39 is 0 Å². The Hall–Kier alpha value is -2.37. The van der Waals surface area contributed by atoms with Crippen molar-refractivity contribution in [2.24, 2.45) is 5.92 Å². The van der Waals surface area contributed by atoms with Gasteiger partial charge in [-0.2, -0.15) is 0 Å². The molecular weight excluding hydrogens is 318 g/mol. The minimum absolute atomic E-state index is 0.000689. The number of carbonyl (C=O) groups is 3. The van der Waals surface area contributed by atoms with E-state index in [1.165, 1.54) is 0 Å². The largest absolute Gasteiger partial charge is 0.352 e. The van der Waals surface area contributed by atoms with E-state index in [2.05, 4.69) is 17.6 Å². The Bertz CT molecular complexity index is 643. The highest BCUT2D eigenvalue weighted by atomic mass is 16.2. The molecular formula is C19H27N3O3. The fraction of sp³-hybridized carbons (Fsp3) is 0.526. The molecule has 6 nitrogen and oxygen atoms in total. The average molecular weight is 345 g/mol. The molecule has 1 atom stereocenters. The molecule has 1 fully saturated rings. The number of para-hydroxylation sites is 1. The zero-order chi connectivity index (χ0) is 18.4. The van der Waals surface area contributed by atoms with Crippen LogP contribution in [0.1, 0.15) is 50.4 Å². The molecule has 0 bridgehead atoms. The summed E-state index contributed by atoms with van der Waals surface area (Å²) in [6.45, 7) is 6.97. The minimum atomic E-state index is -0.383. The molecule has 0 saturated carbocycles. The highest BCUT2D eigenvalue weighted by molar-refractivity contribution is 6.05. The number of benzene rings is 1. The SMILES string of the molecule is CCCCNC(=O)c1ccccc1NC(=O)[C@H]1CC(=O)N(C(C)C)C1. The molecule has 1 aliphatic rings. The van der Waals surface area contributed by atoms with Crippen LogP contribution in [0.4, 0.5) is 5.69 Å². The monoisotopic (exact) mass is 345 g/mol. The Balaban J connectivity index is 2.04. The summed E-state index contributed by atoms with van der Waals surface area (Å²) in [5, 5.41) is 5.68. The summed E-state index contributed by atoms with van der Waals surface area (Å²) in [7, 11) is 0. The van der Waals surface area contributed by atoms with Crippen LogP contribution < -0.4 is 10.6 Å². The third kappa shape index (κ3) is 4.81. The van der Waals surface area contributed by atoms with E-state index in [1.54, 1.807) is 29.2 Å². The molecule has 0 aromatic heterocycles. The molecule has 6 heteroatoms. The molecule has 2 N–H and O–H groups in total. The van der Waals surface area contributed by atoms with E-state index in [0.29, 0.717) is 24.3 Å². The molecule has 0 radical (unpaired) electrons. The van der Waals surface area contributed by atoms with Crippen molar-refractivity contribution in [3.8, 4) is 0 Å². The number of hydrogen-bond acceptors (Lipinski definition) is 3. The van der Waals surface area contributed by atoms with Crippen molar-refractivity contribution >= 4 is 23.4 Å². The number of unbranched alkanes of at least 4 members (excludes halogenated alkanes) is 1. The van der Waals surface area contributed by atoms with Gasteiger partial charge in [-0.05, 0) is 32.4 Å². The van der Waals surface area contributed by atoms with Gasteiger partial charge in [-0.3, -0.25) is 14.4 Å². The van der Waals surface area contributed by atoms with Crippen LogP contribution in [0.15, 0.2) is 24.3 Å². The van der Waals surface area contributed by atoms with Gasteiger partial charge in [0.2, 0.25) is 11.8 Å². The Morgan fingerprint density at radius 1 is 1.28 bits per heavy atom. The number of nitrogens with one attached hydrogen (secondary N) is 2. The van der Waals surface area contributed by atoms with Gasteiger partial charge in [-0.15, -0.1) is 0 Å². The zero-order valence-electron chi connectivity index (χ0n) is 15.2. The predicted octanol–water partition coefficient (Wildman–Crippen LogP) is 2.41. The minimum Gasteiger partial charge on any atom is -0.352 e. The summed E-state index contributed by atoms with van der Waals surface area (Å²) in [6, 6.07) is 7.03. The molecule has 1 aliphatic heterocycles. The van der Waals surface area contributed by atoms with Gasteiger partial charge in [0.05, 0.1) is 17.2 Å². The van der Waals surface area contributed by atoms with Crippen LogP contribution in [0.25, 0.3) is 0 Å². The van der Waals surface area contributed by atoms with Gasteiger partial charge >= 0.3 is 0 Å². The highest BCUT2D eigenvalue weighted by Crippen LogP contribution is 2.23. The van der Waals surface area contributed by atoms with Crippen molar-refractivity contribution in [1.82, 2.24) is 10.2 Å². The second-order valence-corrected chi connectivity index (χ2v) is 6.69. The maximum Gasteiger partial charge on any atom is 0.253 e. The number of hydrogen-bond donors (Lipinski definition) is 2. The van der Waals surface area contributed by atoms with Gasteiger partial charge in [0.25, 0.3) is 5.91 Å². The molecule has 1 saturated heterocycles. The fourth-order valence-corrected chi connectivity index (χ4v) is 2.91. The number of carbonyl (C=O) groups excluding carboxylic acids is 3. The van der Waals surface area contributed by atoms with E-state index in [9.17, 15) is 14.4 Å². The van der Waals surface area contributed by atoms with Crippen molar-refractivity contribution < 1.29 is 14.4 Å². The Morgan fingerprint density at radius 2 is 2.00 bits per heavy atom. The smallest absolute Gasteiger partial charge is 0.253 e. The molecule has 0 spiro atoms. The lowest BCUT2D eigenvalue weighted by molar-refractivity contribution is -0.129. The van der Waals surface area contributed by atoms with Crippen LogP contribution in [-0.2, 0) is 9.59 Å². The number of rotatable bonds is 7. The Labute approximate surface area is 149 Å². The quantitative estimate of drug-likeness (QED) is 0.745. The lowest BCUT2D eigenvalue weighted by atomic mass is 10.1. The van der Waals surface area contributed by atoms with Crippen molar-refractivity contribution in [1.29, 1.82) is 0 Å². The molecule has 1 aromatic carbocycles. The third-order valence-corrected chi connectivity index (χ3v) is 4.40. The van der Waals surface area contributed by atoms with Crippen molar-refractivity contribution in [2.75, 3.05) is 18.4 Å². The normalized spacial score (nSPS) is 17.0. The fourth-order valence-electron chi connectivity index (χ4n) is 2.91. The first-order chi connectivity index (χ1) is 11.9. The Morgan fingerprint density at radius 3 is 2.64 bits per heavy atom. The van der Waals surface area contributed by atoms with Gasteiger partial charge in [-0.25, -0.2) is 0 Å². The molecule has 0 aliphatic carbocycles. The summed E-state index contributed by atoms with van der Waals surface area (Å²) < 4.78 is 0. The van der Waals surface area contributed by atoms with E-state index in [-0.39, 0.29) is 36.1 Å². The molecule has 1 heterocycles. The highest BCUT2D eigenvalue weighted by Gasteiger charge is 2.35. The summed E-state index contributed by atoms with van der Waals surface area (Å²) in [6.07, 6.45) is 2.13. The summed E-state index contributed by atoms with van der Waals surface area (Å²) >= 11 is 0. The molecule has 1 aromatic rings. The van der Waals surface area contributed by atoms with Gasteiger partial charge < -0.3 is 15.5 Å². The number of nitrogens with zero attached hydrogens (tertiary/aromatic N) is 1. The van der Waals surface area contributed by atoms with Crippen LogP contribution in [0.5, 0.6) is 0 Å². The molecule has 3 amide bonds. The summed E-state index contributed by atoms with van der Waals surface area (Å²) in [5.41, 5.74) is 0.925. The van der Waals surface area contributed by atoms with Gasteiger partial charge in [0.1, 0.15) is 0 Å². The van der Waals surface area contributed by atoms with Crippen LogP contribution in [0, 0.1) is 5.92 Å². The number of anilines is 1.